The Kier molecular flexibility index (Phi) is 3.09. The fraction of sp³-hybridized carbons (Fsp3) is 0.455. The molecule has 0 saturated carbocycles. The van der Waals surface area contributed by atoms with Crippen LogP contribution in [0.1, 0.15) is 24.5 Å². The normalized spacial score (nSPS) is 16.1. The maximum absolute atomic E-state index is 12.7. The summed E-state index contributed by atoms with van der Waals surface area (Å²) in [6, 6.07) is 5.86. The quantitative estimate of drug-likeness (QED) is 0.808. The lowest BCUT2D eigenvalue weighted by molar-refractivity contribution is -0.267. The van der Waals surface area contributed by atoms with Gasteiger partial charge in [0.2, 0.25) is 0 Å². The lowest BCUT2D eigenvalue weighted by Gasteiger charge is -2.30. The molecule has 15 heavy (non-hydrogen) atoms. The lowest BCUT2D eigenvalue weighted by atomic mass is 9.89. The van der Waals surface area contributed by atoms with Gasteiger partial charge < -0.3 is 5.11 Å². The molecule has 1 rings (SSSR count). The van der Waals surface area contributed by atoms with E-state index in [0.717, 1.165) is 0 Å². The summed E-state index contributed by atoms with van der Waals surface area (Å²) in [5.74, 6) is 0. The SMILES string of the molecule is CCC(O)(c1cccc(C)c1)C(F)(F)F. The Morgan fingerprint density at radius 3 is 2.27 bits per heavy atom. The van der Waals surface area contributed by atoms with Crippen molar-refractivity contribution in [3.8, 4) is 0 Å². The highest BCUT2D eigenvalue weighted by Crippen LogP contribution is 2.41. The average molecular weight is 218 g/mol. The van der Waals surface area contributed by atoms with Gasteiger partial charge in [-0.05, 0) is 18.9 Å². The van der Waals surface area contributed by atoms with E-state index >= 15 is 0 Å². The second-order valence-corrected chi connectivity index (χ2v) is 3.58. The number of aryl methyl sites for hydroxylation is 1. The topological polar surface area (TPSA) is 20.2 Å². The largest absolute Gasteiger partial charge is 0.421 e. The van der Waals surface area contributed by atoms with Crippen molar-refractivity contribution in [1.29, 1.82) is 0 Å². The van der Waals surface area contributed by atoms with Crippen molar-refractivity contribution >= 4 is 0 Å². The summed E-state index contributed by atoms with van der Waals surface area (Å²) in [6.45, 7) is 3.01. The molecule has 1 aromatic rings. The standard InChI is InChI=1S/C11H13F3O/c1-3-10(15,11(12,13)14)9-6-4-5-8(2)7-9/h4-7,15H,3H2,1-2H3. The Labute approximate surface area is 86.5 Å². The van der Waals surface area contributed by atoms with Crippen LogP contribution < -0.4 is 0 Å². The first-order valence-corrected chi connectivity index (χ1v) is 4.67. The molecule has 0 amide bonds. The van der Waals surface area contributed by atoms with Gasteiger partial charge in [-0.2, -0.15) is 13.2 Å². The first-order valence-electron chi connectivity index (χ1n) is 4.67. The van der Waals surface area contributed by atoms with Gasteiger partial charge in [-0.15, -0.1) is 0 Å². The van der Waals surface area contributed by atoms with Gasteiger partial charge >= 0.3 is 6.18 Å². The van der Waals surface area contributed by atoms with E-state index in [-0.39, 0.29) is 12.0 Å². The zero-order valence-corrected chi connectivity index (χ0v) is 8.60. The van der Waals surface area contributed by atoms with Gasteiger partial charge in [0.15, 0.2) is 5.60 Å². The van der Waals surface area contributed by atoms with Crippen molar-refractivity contribution < 1.29 is 18.3 Å². The monoisotopic (exact) mass is 218 g/mol. The van der Waals surface area contributed by atoms with Crippen LogP contribution in [0, 0.1) is 6.92 Å². The van der Waals surface area contributed by atoms with Crippen molar-refractivity contribution in [3.05, 3.63) is 35.4 Å². The van der Waals surface area contributed by atoms with Crippen LogP contribution in [-0.4, -0.2) is 11.3 Å². The molecule has 1 atom stereocenters. The zero-order chi connectivity index (χ0) is 11.7. The van der Waals surface area contributed by atoms with Crippen LogP contribution >= 0.6 is 0 Å². The second kappa shape index (κ2) is 3.85. The molecule has 0 aliphatic heterocycles. The third-order valence-corrected chi connectivity index (χ3v) is 2.48. The van der Waals surface area contributed by atoms with E-state index in [1.807, 2.05) is 0 Å². The van der Waals surface area contributed by atoms with Crippen LogP contribution in [0.3, 0.4) is 0 Å². The summed E-state index contributed by atoms with van der Waals surface area (Å²) in [5, 5.41) is 9.63. The molecule has 1 unspecified atom stereocenters. The van der Waals surface area contributed by atoms with Gasteiger partial charge in [0.25, 0.3) is 0 Å². The van der Waals surface area contributed by atoms with Gasteiger partial charge in [-0.25, -0.2) is 0 Å². The predicted octanol–water partition coefficient (Wildman–Crippen LogP) is 3.15. The number of alkyl halides is 3. The number of aliphatic hydroxyl groups is 1. The fourth-order valence-corrected chi connectivity index (χ4v) is 1.47. The van der Waals surface area contributed by atoms with Crippen LogP contribution in [0.5, 0.6) is 0 Å². The fourth-order valence-electron chi connectivity index (χ4n) is 1.47. The molecule has 1 aromatic carbocycles. The third kappa shape index (κ3) is 2.15. The minimum atomic E-state index is -4.64. The summed E-state index contributed by atoms with van der Waals surface area (Å²) in [5.41, 5.74) is -2.14. The molecule has 1 nitrogen and oxygen atoms in total. The van der Waals surface area contributed by atoms with E-state index in [0.29, 0.717) is 5.56 Å². The van der Waals surface area contributed by atoms with Crippen molar-refractivity contribution in [2.24, 2.45) is 0 Å². The first kappa shape index (κ1) is 12.0. The minimum absolute atomic E-state index is 0.0995. The van der Waals surface area contributed by atoms with Crippen molar-refractivity contribution in [2.75, 3.05) is 0 Å². The lowest BCUT2D eigenvalue weighted by Crippen LogP contribution is -2.41. The van der Waals surface area contributed by atoms with E-state index in [2.05, 4.69) is 0 Å². The average Bonchev–Trinajstić information content (AvgIpc) is 2.14. The molecule has 0 radical (unpaired) electrons. The molecule has 0 saturated heterocycles. The Morgan fingerprint density at radius 2 is 1.87 bits per heavy atom. The molecule has 0 fully saturated rings. The zero-order valence-electron chi connectivity index (χ0n) is 8.60. The van der Waals surface area contributed by atoms with Crippen LogP contribution in [-0.2, 0) is 5.60 Å². The van der Waals surface area contributed by atoms with E-state index in [1.54, 1.807) is 13.0 Å². The second-order valence-electron chi connectivity index (χ2n) is 3.58. The number of hydrogen-bond acceptors (Lipinski definition) is 1. The molecule has 0 aliphatic carbocycles. The highest BCUT2D eigenvalue weighted by molar-refractivity contribution is 5.28. The summed E-state index contributed by atoms with van der Waals surface area (Å²) >= 11 is 0. The first-order chi connectivity index (χ1) is 6.81. The van der Waals surface area contributed by atoms with E-state index < -0.39 is 11.8 Å². The summed E-state index contributed by atoms with van der Waals surface area (Å²) in [6.07, 6.45) is -5.03. The van der Waals surface area contributed by atoms with Crippen LogP contribution in [0.2, 0.25) is 0 Å². The Hall–Kier alpha value is -1.03. The van der Waals surface area contributed by atoms with Crippen LogP contribution in [0.15, 0.2) is 24.3 Å². The molecule has 0 aromatic heterocycles. The Balaban J connectivity index is 3.23. The van der Waals surface area contributed by atoms with Gasteiger partial charge in [0.05, 0.1) is 0 Å². The Morgan fingerprint density at radius 1 is 1.27 bits per heavy atom. The van der Waals surface area contributed by atoms with E-state index in [1.165, 1.54) is 25.1 Å². The van der Waals surface area contributed by atoms with E-state index in [4.69, 9.17) is 0 Å². The smallest absolute Gasteiger partial charge is 0.376 e. The minimum Gasteiger partial charge on any atom is -0.376 e. The number of halogens is 3. The summed E-state index contributed by atoms with van der Waals surface area (Å²) < 4.78 is 38.0. The number of rotatable bonds is 2. The van der Waals surface area contributed by atoms with Gasteiger partial charge in [0, 0.05) is 0 Å². The van der Waals surface area contributed by atoms with E-state index in [9.17, 15) is 18.3 Å². The maximum Gasteiger partial charge on any atom is 0.421 e. The molecule has 84 valence electrons. The predicted molar refractivity (Wildman–Crippen MR) is 51.4 cm³/mol. The molecule has 4 heteroatoms. The molecular weight excluding hydrogens is 205 g/mol. The van der Waals surface area contributed by atoms with Crippen molar-refractivity contribution in [1.82, 2.24) is 0 Å². The molecule has 1 N–H and O–H groups in total. The van der Waals surface area contributed by atoms with Gasteiger partial charge in [-0.3, -0.25) is 0 Å². The molecule has 0 heterocycles. The third-order valence-electron chi connectivity index (χ3n) is 2.48. The number of hydrogen-bond donors (Lipinski definition) is 1. The molecular formula is C11H13F3O. The summed E-state index contributed by atoms with van der Waals surface area (Å²) in [7, 11) is 0. The van der Waals surface area contributed by atoms with Gasteiger partial charge in [-0.1, -0.05) is 36.8 Å². The highest BCUT2D eigenvalue weighted by Gasteiger charge is 2.53. The van der Waals surface area contributed by atoms with Crippen molar-refractivity contribution in [2.45, 2.75) is 32.0 Å². The molecule has 0 aliphatic rings. The summed E-state index contributed by atoms with van der Waals surface area (Å²) in [4.78, 5) is 0. The highest BCUT2D eigenvalue weighted by atomic mass is 19.4. The van der Waals surface area contributed by atoms with Crippen LogP contribution in [0.25, 0.3) is 0 Å². The molecule has 0 spiro atoms. The Bertz CT molecular complexity index is 346. The maximum atomic E-state index is 12.7. The molecule has 0 bridgehead atoms. The van der Waals surface area contributed by atoms with Crippen LogP contribution in [0.4, 0.5) is 13.2 Å². The number of benzene rings is 1. The van der Waals surface area contributed by atoms with Gasteiger partial charge in [0.1, 0.15) is 0 Å². The van der Waals surface area contributed by atoms with Crippen molar-refractivity contribution in [3.63, 3.8) is 0 Å².